The van der Waals surface area contributed by atoms with Crippen molar-refractivity contribution in [2.75, 3.05) is 19.6 Å². The number of nitrogens with zero attached hydrogens (tertiary/aromatic N) is 1. The quantitative estimate of drug-likeness (QED) is 0.648. The largest absolute Gasteiger partial charge is 0.303 e. The highest BCUT2D eigenvalue weighted by atomic mass is 15.1. The monoisotopic (exact) mass is 191 g/mol. The minimum absolute atomic E-state index is 1.27. The minimum Gasteiger partial charge on any atom is -0.303 e. The van der Waals surface area contributed by atoms with E-state index in [1.54, 1.807) is 11.1 Å². The summed E-state index contributed by atoms with van der Waals surface area (Å²) in [5.41, 5.74) is 3.30. The van der Waals surface area contributed by atoms with Gasteiger partial charge in [-0.3, -0.25) is 0 Å². The van der Waals surface area contributed by atoms with E-state index in [1.807, 2.05) is 0 Å². The van der Waals surface area contributed by atoms with Gasteiger partial charge in [0.1, 0.15) is 0 Å². The molecule has 0 aromatic rings. The molecule has 1 aliphatic carbocycles. The minimum atomic E-state index is 1.27. The van der Waals surface area contributed by atoms with Crippen LogP contribution in [0.15, 0.2) is 23.3 Å². The van der Waals surface area contributed by atoms with Crippen molar-refractivity contribution in [3.05, 3.63) is 23.3 Å². The van der Waals surface area contributed by atoms with Crippen LogP contribution in [-0.2, 0) is 0 Å². The third-order valence-electron chi connectivity index (χ3n) is 3.30. The second-order valence-corrected chi connectivity index (χ2v) is 4.38. The molecule has 78 valence electrons. The number of hydrogen-bond donors (Lipinski definition) is 0. The van der Waals surface area contributed by atoms with Crippen molar-refractivity contribution >= 4 is 0 Å². The molecule has 1 fully saturated rings. The van der Waals surface area contributed by atoms with Crippen molar-refractivity contribution in [1.29, 1.82) is 0 Å². The van der Waals surface area contributed by atoms with Crippen molar-refractivity contribution in [2.45, 2.75) is 39.0 Å². The van der Waals surface area contributed by atoms with E-state index in [2.05, 4.69) is 24.0 Å². The summed E-state index contributed by atoms with van der Waals surface area (Å²) < 4.78 is 0. The first-order valence-corrected chi connectivity index (χ1v) is 6.01. The summed E-state index contributed by atoms with van der Waals surface area (Å²) in [6.07, 6.45) is 11.3. The fourth-order valence-electron chi connectivity index (χ4n) is 2.51. The molecule has 2 aliphatic rings. The van der Waals surface area contributed by atoms with Gasteiger partial charge in [-0.15, -0.1) is 0 Å². The topological polar surface area (TPSA) is 3.24 Å². The molecule has 0 bridgehead atoms. The van der Waals surface area contributed by atoms with Gasteiger partial charge in [0.25, 0.3) is 0 Å². The smallest absolute Gasteiger partial charge is 0.00219 e. The SMILES string of the molecule is CCCN1CCC2=CCCC=C2CC1. The van der Waals surface area contributed by atoms with Gasteiger partial charge in [-0.05, 0) is 49.8 Å². The fourth-order valence-corrected chi connectivity index (χ4v) is 2.51. The van der Waals surface area contributed by atoms with Crippen molar-refractivity contribution in [1.82, 2.24) is 4.90 Å². The summed E-state index contributed by atoms with van der Waals surface area (Å²) >= 11 is 0. The maximum atomic E-state index is 2.61. The number of rotatable bonds is 2. The second kappa shape index (κ2) is 4.79. The Bertz CT molecular complexity index is 226. The molecular weight excluding hydrogens is 170 g/mol. The van der Waals surface area contributed by atoms with Gasteiger partial charge < -0.3 is 4.90 Å². The lowest BCUT2D eigenvalue weighted by Gasteiger charge is -2.17. The van der Waals surface area contributed by atoms with Gasteiger partial charge in [-0.2, -0.15) is 0 Å². The molecule has 0 atom stereocenters. The normalized spacial score (nSPS) is 23.5. The number of likely N-dealkylation sites (tertiary alicyclic amines) is 1. The summed E-state index contributed by atoms with van der Waals surface area (Å²) in [5.74, 6) is 0. The lowest BCUT2D eigenvalue weighted by molar-refractivity contribution is 0.290. The highest BCUT2D eigenvalue weighted by Crippen LogP contribution is 2.27. The zero-order chi connectivity index (χ0) is 9.80. The number of hydrogen-bond acceptors (Lipinski definition) is 1. The van der Waals surface area contributed by atoms with E-state index in [0.29, 0.717) is 0 Å². The Morgan fingerprint density at radius 1 is 1.07 bits per heavy atom. The second-order valence-electron chi connectivity index (χ2n) is 4.38. The molecule has 0 amide bonds. The van der Waals surface area contributed by atoms with E-state index in [4.69, 9.17) is 0 Å². The van der Waals surface area contributed by atoms with Crippen LogP contribution in [0, 0.1) is 0 Å². The van der Waals surface area contributed by atoms with E-state index in [0.717, 1.165) is 0 Å². The predicted octanol–water partition coefficient (Wildman–Crippen LogP) is 3.14. The Balaban J connectivity index is 1.99. The number of fused-ring (bicyclic) bond motifs is 1. The van der Waals surface area contributed by atoms with Gasteiger partial charge in [0, 0.05) is 13.1 Å². The summed E-state index contributed by atoms with van der Waals surface area (Å²) in [4.78, 5) is 2.61. The van der Waals surface area contributed by atoms with Crippen LogP contribution in [0.1, 0.15) is 39.0 Å². The fraction of sp³-hybridized carbons (Fsp3) is 0.692. The molecule has 0 spiro atoms. The molecule has 2 rings (SSSR count). The summed E-state index contributed by atoms with van der Waals surface area (Å²) in [5, 5.41) is 0. The average molecular weight is 191 g/mol. The molecule has 1 aliphatic heterocycles. The Morgan fingerprint density at radius 3 is 2.14 bits per heavy atom. The molecule has 1 heterocycles. The summed E-state index contributed by atoms with van der Waals surface area (Å²) in [7, 11) is 0. The molecule has 0 unspecified atom stereocenters. The first-order valence-electron chi connectivity index (χ1n) is 6.01. The molecular formula is C13H21N. The summed E-state index contributed by atoms with van der Waals surface area (Å²) in [6.45, 7) is 6.10. The Hall–Kier alpha value is -0.560. The molecule has 0 saturated carbocycles. The van der Waals surface area contributed by atoms with Crippen molar-refractivity contribution in [3.63, 3.8) is 0 Å². The van der Waals surface area contributed by atoms with Gasteiger partial charge >= 0.3 is 0 Å². The molecule has 1 saturated heterocycles. The Kier molecular flexibility index (Phi) is 3.41. The zero-order valence-electron chi connectivity index (χ0n) is 9.26. The first-order chi connectivity index (χ1) is 6.90. The van der Waals surface area contributed by atoms with E-state index in [9.17, 15) is 0 Å². The summed E-state index contributed by atoms with van der Waals surface area (Å²) in [6, 6.07) is 0. The van der Waals surface area contributed by atoms with Crippen LogP contribution in [0.4, 0.5) is 0 Å². The van der Waals surface area contributed by atoms with Crippen LogP contribution >= 0.6 is 0 Å². The maximum Gasteiger partial charge on any atom is 0.00219 e. The molecule has 1 heteroatoms. The van der Waals surface area contributed by atoms with Crippen LogP contribution in [0.5, 0.6) is 0 Å². The lowest BCUT2D eigenvalue weighted by Crippen LogP contribution is -2.25. The lowest BCUT2D eigenvalue weighted by atomic mass is 9.94. The van der Waals surface area contributed by atoms with Crippen LogP contribution in [0.25, 0.3) is 0 Å². The first kappa shape index (κ1) is 9.97. The van der Waals surface area contributed by atoms with E-state index in [-0.39, 0.29) is 0 Å². The average Bonchev–Trinajstić information content (AvgIpc) is 2.42. The molecule has 0 aromatic heterocycles. The third kappa shape index (κ3) is 2.27. The maximum absolute atomic E-state index is 2.61. The van der Waals surface area contributed by atoms with Crippen LogP contribution in [-0.4, -0.2) is 24.5 Å². The standard InChI is InChI=1S/C13H21N/c1-2-9-14-10-7-12-5-3-4-6-13(12)8-11-14/h5-6H,2-4,7-11H2,1H3. The molecule has 0 radical (unpaired) electrons. The van der Waals surface area contributed by atoms with Crippen LogP contribution in [0.3, 0.4) is 0 Å². The van der Waals surface area contributed by atoms with Crippen molar-refractivity contribution < 1.29 is 0 Å². The van der Waals surface area contributed by atoms with E-state index in [1.165, 1.54) is 51.7 Å². The zero-order valence-corrected chi connectivity index (χ0v) is 9.26. The van der Waals surface area contributed by atoms with Crippen LogP contribution in [0.2, 0.25) is 0 Å². The molecule has 0 N–H and O–H groups in total. The van der Waals surface area contributed by atoms with Gasteiger partial charge in [-0.25, -0.2) is 0 Å². The highest BCUT2D eigenvalue weighted by Gasteiger charge is 2.16. The van der Waals surface area contributed by atoms with E-state index < -0.39 is 0 Å². The highest BCUT2D eigenvalue weighted by molar-refractivity contribution is 5.34. The van der Waals surface area contributed by atoms with Crippen molar-refractivity contribution in [3.8, 4) is 0 Å². The van der Waals surface area contributed by atoms with Gasteiger partial charge in [0.05, 0.1) is 0 Å². The Morgan fingerprint density at radius 2 is 1.64 bits per heavy atom. The molecule has 1 nitrogen and oxygen atoms in total. The van der Waals surface area contributed by atoms with Crippen molar-refractivity contribution in [2.24, 2.45) is 0 Å². The van der Waals surface area contributed by atoms with Gasteiger partial charge in [0.15, 0.2) is 0 Å². The van der Waals surface area contributed by atoms with Gasteiger partial charge in [0.2, 0.25) is 0 Å². The molecule has 14 heavy (non-hydrogen) atoms. The third-order valence-corrected chi connectivity index (χ3v) is 3.30. The molecule has 0 aromatic carbocycles. The van der Waals surface area contributed by atoms with E-state index >= 15 is 0 Å². The Labute approximate surface area is 87.5 Å². The van der Waals surface area contributed by atoms with Crippen LogP contribution < -0.4 is 0 Å². The van der Waals surface area contributed by atoms with Gasteiger partial charge in [-0.1, -0.05) is 19.1 Å². The predicted molar refractivity (Wildman–Crippen MR) is 61.4 cm³/mol. The number of allylic oxidation sites excluding steroid dienone is 2.